The molecule has 2 amide bonds. The Bertz CT molecular complexity index is 657. The maximum absolute atomic E-state index is 12.9. The van der Waals surface area contributed by atoms with E-state index in [9.17, 15) is 14.0 Å². The van der Waals surface area contributed by atoms with Gasteiger partial charge in [-0.15, -0.1) is 11.8 Å². The van der Waals surface area contributed by atoms with Crippen LogP contribution in [-0.2, 0) is 9.53 Å². The van der Waals surface area contributed by atoms with Crippen molar-refractivity contribution in [2.45, 2.75) is 37.6 Å². The molecule has 142 valence electrons. The van der Waals surface area contributed by atoms with E-state index in [-0.39, 0.29) is 29.3 Å². The third kappa shape index (κ3) is 4.69. The molecule has 0 bridgehead atoms. The lowest BCUT2D eigenvalue weighted by Gasteiger charge is -2.44. The third-order valence-corrected chi connectivity index (χ3v) is 5.85. The van der Waals surface area contributed by atoms with Crippen LogP contribution in [0.3, 0.4) is 0 Å². The summed E-state index contributed by atoms with van der Waals surface area (Å²) >= 11 is 1.42. The molecule has 2 heterocycles. The van der Waals surface area contributed by atoms with E-state index in [2.05, 4.69) is 13.8 Å². The van der Waals surface area contributed by atoms with Crippen LogP contribution < -0.4 is 0 Å². The van der Waals surface area contributed by atoms with Gasteiger partial charge in [-0.25, -0.2) is 9.18 Å². The number of ether oxygens (including phenoxy) is 1. The first kappa shape index (κ1) is 19.0. The quantitative estimate of drug-likeness (QED) is 0.752. The molecular formula is C19H25FN2O3S. The van der Waals surface area contributed by atoms with E-state index >= 15 is 0 Å². The molecule has 0 radical (unpaired) electrons. The molecule has 26 heavy (non-hydrogen) atoms. The molecule has 2 aliphatic heterocycles. The van der Waals surface area contributed by atoms with E-state index in [0.29, 0.717) is 32.0 Å². The fourth-order valence-corrected chi connectivity index (χ4v) is 4.18. The predicted octanol–water partition coefficient (Wildman–Crippen LogP) is 3.39. The number of likely N-dealkylation sites (tertiary alicyclic amines) is 1. The second kappa shape index (κ2) is 7.86. The molecule has 1 aromatic rings. The predicted molar refractivity (Wildman–Crippen MR) is 98.6 cm³/mol. The minimum absolute atomic E-state index is 0.0351. The summed E-state index contributed by atoms with van der Waals surface area (Å²) in [6, 6.07) is 6.30. The summed E-state index contributed by atoms with van der Waals surface area (Å²) in [4.78, 5) is 29.1. The van der Waals surface area contributed by atoms with Crippen LogP contribution in [0.5, 0.6) is 0 Å². The van der Waals surface area contributed by atoms with Gasteiger partial charge in [0.1, 0.15) is 5.82 Å². The molecule has 2 saturated heterocycles. The van der Waals surface area contributed by atoms with Crippen LogP contribution >= 0.6 is 11.8 Å². The summed E-state index contributed by atoms with van der Waals surface area (Å²) in [6.07, 6.45) is 1.32. The summed E-state index contributed by atoms with van der Waals surface area (Å²) in [6.45, 7) is 6.65. The number of amides is 2. The van der Waals surface area contributed by atoms with Crippen molar-refractivity contribution in [3.05, 3.63) is 30.1 Å². The lowest BCUT2D eigenvalue weighted by atomic mass is 9.91. The Hall–Kier alpha value is -1.76. The smallest absolute Gasteiger partial charge is 0.410 e. The van der Waals surface area contributed by atoms with Gasteiger partial charge in [0.25, 0.3) is 0 Å². The molecule has 0 N–H and O–H groups in total. The first-order chi connectivity index (χ1) is 12.3. The van der Waals surface area contributed by atoms with Crippen LogP contribution in [0.15, 0.2) is 29.2 Å². The number of cyclic esters (lactones) is 1. The van der Waals surface area contributed by atoms with Crippen LogP contribution in [0.25, 0.3) is 0 Å². The first-order valence-electron chi connectivity index (χ1n) is 8.94. The maximum Gasteiger partial charge on any atom is 0.410 e. The number of nitrogens with zero attached hydrogens (tertiary/aromatic N) is 2. The number of benzene rings is 1. The second-order valence-electron chi connectivity index (χ2n) is 7.70. The van der Waals surface area contributed by atoms with Gasteiger partial charge in [0, 0.05) is 36.0 Å². The van der Waals surface area contributed by atoms with Gasteiger partial charge in [0.2, 0.25) is 5.91 Å². The molecule has 0 aromatic heterocycles. The Kier molecular flexibility index (Phi) is 5.75. The van der Waals surface area contributed by atoms with Crippen molar-refractivity contribution in [2.24, 2.45) is 5.41 Å². The number of carbonyl (C=O) groups is 2. The third-order valence-electron chi connectivity index (χ3n) is 4.85. The number of thioether (sulfide) groups is 1. The molecule has 3 rings (SSSR count). The molecule has 7 heteroatoms. The highest BCUT2D eigenvalue weighted by atomic mass is 32.2. The van der Waals surface area contributed by atoms with Gasteiger partial charge in [-0.2, -0.15) is 0 Å². The second-order valence-corrected chi connectivity index (χ2v) is 8.75. The molecule has 0 saturated carbocycles. The molecule has 5 nitrogen and oxygen atoms in total. The summed E-state index contributed by atoms with van der Waals surface area (Å²) in [7, 11) is 0. The average Bonchev–Trinajstić information content (AvgIpc) is 2.63. The lowest BCUT2D eigenvalue weighted by Crippen LogP contribution is -2.55. The zero-order valence-corrected chi connectivity index (χ0v) is 16.1. The first-order valence-corrected chi connectivity index (χ1v) is 9.92. The standard InChI is InChI=1S/C19H25FN2O3S/c1-19(2)12-22(18(24)25-13-19)15-7-9-21(10-8-15)17(23)11-26-16-5-3-14(20)4-6-16/h3-6,15H,7-13H2,1-2H3. The van der Waals surface area contributed by atoms with Crippen molar-refractivity contribution < 1.29 is 18.7 Å². The van der Waals surface area contributed by atoms with Gasteiger partial charge < -0.3 is 14.5 Å². The Morgan fingerprint density at radius 1 is 1.27 bits per heavy atom. The highest BCUT2D eigenvalue weighted by Crippen LogP contribution is 2.28. The maximum atomic E-state index is 12.9. The van der Waals surface area contributed by atoms with Gasteiger partial charge in [-0.05, 0) is 37.1 Å². The van der Waals surface area contributed by atoms with E-state index in [4.69, 9.17) is 4.74 Å². The summed E-state index contributed by atoms with van der Waals surface area (Å²) < 4.78 is 18.2. The van der Waals surface area contributed by atoms with Gasteiger partial charge in [0.15, 0.2) is 0 Å². The zero-order chi connectivity index (χ0) is 18.7. The summed E-state index contributed by atoms with van der Waals surface area (Å²) in [5.41, 5.74) is -0.0351. The number of halogens is 1. The topological polar surface area (TPSA) is 49.9 Å². The zero-order valence-electron chi connectivity index (χ0n) is 15.2. The molecule has 1 aromatic carbocycles. The fraction of sp³-hybridized carbons (Fsp3) is 0.579. The van der Waals surface area contributed by atoms with Crippen molar-refractivity contribution in [3.8, 4) is 0 Å². The number of hydrogen-bond acceptors (Lipinski definition) is 4. The summed E-state index contributed by atoms with van der Waals surface area (Å²) in [5, 5.41) is 0. The number of piperidine rings is 1. The van der Waals surface area contributed by atoms with Crippen molar-refractivity contribution >= 4 is 23.8 Å². The van der Waals surface area contributed by atoms with E-state index < -0.39 is 0 Å². The van der Waals surface area contributed by atoms with Crippen LogP contribution in [0, 0.1) is 11.2 Å². The van der Waals surface area contributed by atoms with Crippen molar-refractivity contribution in [3.63, 3.8) is 0 Å². The highest BCUT2D eigenvalue weighted by Gasteiger charge is 2.38. The number of rotatable bonds is 4. The minimum atomic E-state index is -0.276. The number of hydrogen-bond donors (Lipinski definition) is 0. The van der Waals surface area contributed by atoms with Crippen LogP contribution in [0.4, 0.5) is 9.18 Å². The van der Waals surface area contributed by atoms with Crippen LogP contribution in [0.1, 0.15) is 26.7 Å². The molecule has 0 spiro atoms. The van der Waals surface area contributed by atoms with Crippen molar-refractivity contribution in [2.75, 3.05) is 32.0 Å². The van der Waals surface area contributed by atoms with Crippen LogP contribution in [-0.4, -0.2) is 59.8 Å². The SMILES string of the molecule is CC1(C)COC(=O)N(C2CCN(C(=O)CSc3ccc(F)cc3)CC2)C1. The van der Waals surface area contributed by atoms with Gasteiger partial charge in [0.05, 0.1) is 12.4 Å². The van der Waals surface area contributed by atoms with Crippen molar-refractivity contribution in [1.29, 1.82) is 0 Å². The Labute approximate surface area is 157 Å². The summed E-state index contributed by atoms with van der Waals surface area (Å²) in [5.74, 6) is 0.149. The highest BCUT2D eigenvalue weighted by molar-refractivity contribution is 8.00. The largest absolute Gasteiger partial charge is 0.449 e. The lowest BCUT2D eigenvalue weighted by molar-refractivity contribution is -0.130. The molecule has 0 unspecified atom stereocenters. The Morgan fingerprint density at radius 2 is 1.92 bits per heavy atom. The van der Waals surface area contributed by atoms with E-state index in [1.54, 1.807) is 12.1 Å². The van der Waals surface area contributed by atoms with Crippen molar-refractivity contribution in [1.82, 2.24) is 9.80 Å². The minimum Gasteiger partial charge on any atom is -0.449 e. The van der Waals surface area contributed by atoms with E-state index in [0.717, 1.165) is 17.7 Å². The molecule has 2 aliphatic rings. The molecule has 2 fully saturated rings. The monoisotopic (exact) mass is 380 g/mol. The Morgan fingerprint density at radius 3 is 2.58 bits per heavy atom. The Balaban J connectivity index is 1.47. The normalized spacial score (nSPS) is 20.8. The molecular weight excluding hydrogens is 355 g/mol. The van der Waals surface area contributed by atoms with Crippen LogP contribution in [0.2, 0.25) is 0 Å². The molecule has 0 aliphatic carbocycles. The van der Waals surface area contributed by atoms with Gasteiger partial charge >= 0.3 is 6.09 Å². The fourth-order valence-electron chi connectivity index (χ4n) is 3.38. The van der Waals surface area contributed by atoms with Gasteiger partial charge in [-0.1, -0.05) is 13.8 Å². The average molecular weight is 380 g/mol. The van der Waals surface area contributed by atoms with E-state index in [1.165, 1.54) is 23.9 Å². The molecule has 0 atom stereocenters. The number of carbonyl (C=O) groups excluding carboxylic acids is 2. The van der Waals surface area contributed by atoms with E-state index in [1.807, 2.05) is 9.80 Å². The van der Waals surface area contributed by atoms with Gasteiger partial charge in [-0.3, -0.25) is 4.79 Å².